The van der Waals surface area contributed by atoms with Gasteiger partial charge in [0, 0.05) is 6.42 Å². The average molecular weight is 1100 g/mol. The molecule has 0 radical (unpaired) electrons. The predicted octanol–water partition coefficient (Wildman–Crippen LogP) is 4.03. The summed E-state index contributed by atoms with van der Waals surface area (Å²) in [5, 5.41) is 120. The Labute approximate surface area is 457 Å². The Hall–Kier alpha value is -3.03. The van der Waals surface area contributed by atoms with Crippen molar-refractivity contribution in [1.29, 1.82) is 0 Å². The first kappa shape index (κ1) is 68.2. The normalized spacial score (nSPS) is 31.4. The third-order valence-corrected chi connectivity index (χ3v) is 13.7. The summed E-state index contributed by atoms with van der Waals surface area (Å²) in [7, 11) is 0. The van der Waals surface area contributed by atoms with Crippen molar-refractivity contribution in [3.05, 3.63) is 85.1 Å². The molecule has 19 nitrogen and oxygen atoms in total. The highest BCUT2D eigenvalue weighted by Crippen LogP contribution is 2.33. The van der Waals surface area contributed by atoms with Gasteiger partial charge in [0.15, 0.2) is 18.9 Å². The molecule has 0 aromatic carbocycles. The SMILES string of the molecule is CC/C=C\C/C=C\C/C=C\C/C=C\C/C=C\C/C=C\CCCCCCCCC(=O)NC(COC1OC(CO)C(OC2OC(CO)C(OC3OC(CO)C(O)C(O)C3O)C(O)C2O)C(O)C1O)C(O)/C=C/CCCCCCC. The molecule has 0 aromatic rings. The van der Waals surface area contributed by atoms with Gasteiger partial charge >= 0.3 is 0 Å². The molecule has 3 heterocycles. The largest absolute Gasteiger partial charge is 0.394 e. The Kier molecular flexibility index (Phi) is 36.4. The molecule has 77 heavy (non-hydrogen) atoms. The lowest BCUT2D eigenvalue weighted by atomic mass is 9.96. The number of hydrogen-bond acceptors (Lipinski definition) is 18. The van der Waals surface area contributed by atoms with Crippen molar-refractivity contribution in [2.24, 2.45) is 0 Å². The lowest BCUT2D eigenvalue weighted by Gasteiger charge is -2.48. The van der Waals surface area contributed by atoms with E-state index in [2.05, 4.69) is 92.1 Å². The van der Waals surface area contributed by atoms with Crippen molar-refractivity contribution in [3.63, 3.8) is 0 Å². The van der Waals surface area contributed by atoms with Crippen molar-refractivity contribution in [2.45, 2.75) is 247 Å². The Morgan fingerprint density at radius 3 is 1.40 bits per heavy atom. The lowest BCUT2D eigenvalue weighted by Crippen LogP contribution is -2.66. The van der Waals surface area contributed by atoms with Crippen molar-refractivity contribution in [3.8, 4) is 0 Å². The highest BCUT2D eigenvalue weighted by Gasteiger charge is 2.53. The summed E-state index contributed by atoms with van der Waals surface area (Å²) in [5.74, 6) is -0.301. The molecule has 3 saturated heterocycles. The molecule has 17 unspecified atom stereocenters. The number of aliphatic hydroxyl groups is 11. The van der Waals surface area contributed by atoms with Crippen molar-refractivity contribution in [2.75, 3.05) is 26.4 Å². The van der Waals surface area contributed by atoms with E-state index in [4.69, 9.17) is 28.4 Å². The van der Waals surface area contributed by atoms with Crippen LogP contribution in [0.2, 0.25) is 0 Å². The van der Waals surface area contributed by atoms with Crippen molar-refractivity contribution < 1.29 is 89.4 Å². The molecule has 12 N–H and O–H groups in total. The van der Waals surface area contributed by atoms with Crippen molar-refractivity contribution >= 4 is 5.91 Å². The van der Waals surface area contributed by atoms with Gasteiger partial charge in [0.1, 0.15) is 73.2 Å². The van der Waals surface area contributed by atoms with Gasteiger partial charge in [0.2, 0.25) is 5.91 Å². The maximum absolute atomic E-state index is 13.2. The minimum absolute atomic E-state index is 0.220. The number of ether oxygens (including phenoxy) is 6. The van der Waals surface area contributed by atoms with Gasteiger partial charge in [0.05, 0.1) is 38.6 Å². The zero-order valence-electron chi connectivity index (χ0n) is 45.6. The quantitative estimate of drug-likeness (QED) is 0.0305. The highest BCUT2D eigenvalue weighted by atomic mass is 16.8. The number of rotatable bonds is 39. The van der Waals surface area contributed by atoms with Crippen LogP contribution < -0.4 is 5.32 Å². The molecule has 0 aromatic heterocycles. The standard InChI is InChI=1S/C58H97NO18/c1-3-5-7-9-11-12-13-14-15-16-17-18-19-20-21-22-23-24-25-26-27-28-30-32-34-36-46(64)59-41(42(63)35-33-31-29-10-8-6-4-2)40-72-56-52(70)49(67)54(44(38-61)74-56)77-58-53(71)50(68)55(45(39-62)75-58)76-57-51(69)48(66)47(65)43(37-60)73-57/h5,7,11-12,14-15,17-18,20-21,23-24,33,35,41-45,47-58,60-63,65-71H,3-4,6,8-10,13,16,19,22,25-32,34,36-40H2,1-2H3,(H,59,64)/b7-5-,12-11-,15-14-,18-17-,21-20-,24-23-,35-33+. The van der Waals surface area contributed by atoms with E-state index in [-0.39, 0.29) is 18.9 Å². The van der Waals surface area contributed by atoms with Crippen LogP contribution in [0.5, 0.6) is 0 Å². The second kappa shape index (κ2) is 41.0. The average Bonchev–Trinajstić information content (AvgIpc) is 3.43. The molecule has 3 aliphatic heterocycles. The van der Waals surface area contributed by atoms with Gasteiger partial charge in [0.25, 0.3) is 0 Å². The number of aliphatic hydroxyl groups excluding tert-OH is 11. The van der Waals surface area contributed by atoms with Crippen LogP contribution in [0.4, 0.5) is 0 Å². The summed E-state index contributed by atoms with van der Waals surface area (Å²) in [5.41, 5.74) is 0. The molecule has 3 fully saturated rings. The first-order valence-electron chi connectivity index (χ1n) is 28.3. The Balaban J connectivity index is 1.44. The smallest absolute Gasteiger partial charge is 0.220 e. The number of nitrogens with one attached hydrogen (secondary N) is 1. The van der Waals surface area contributed by atoms with Gasteiger partial charge in [-0.3, -0.25) is 4.79 Å². The lowest BCUT2D eigenvalue weighted by molar-refractivity contribution is -0.379. The fourth-order valence-corrected chi connectivity index (χ4v) is 9.01. The first-order chi connectivity index (χ1) is 37.3. The monoisotopic (exact) mass is 1100 g/mol. The predicted molar refractivity (Wildman–Crippen MR) is 291 cm³/mol. The maximum Gasteiger partial charge on any atom is 0.220 e. The fourth-order valence-electron chi connectivity index (χ4n) is 9.01. The van der Waals surface area contributed by atoms with Gasteiger partial charge in [-0.25, -0.2) is 0 Å². The number of carbonyl (C=O) groups is 1. The van der Waals surface area contributed by atoms with E-state index in [0.29, 0.717) is 6.42 Å². The molecular weight excluding hydrogens is 999 g/mol. The minimum Gasteiger partial charge on any atom is -0.394 e. The zero-order valence-corrected chi connectivity index (χ0v) is 45.6. The molecule has 1 amide bonds. The van der Waals surface area contributed by atoms with Gasteiger partial charge < -0.3 is 89.9 Å². The fraction of sp³-hybridized carbons (Fsp3) is 0.741. The van der Waals surface area contributed by atoms with E-state index in [1.165, 1.54) is 0 Å². The Morgan fingerprint density at radius 2 is 0.896 bits per heavy atom. The number of amides is 1. The summed E-state index contributed by atoms with van der Waals surface area (Å²) in [4.78, 5) is 13.2. The van der Waals surface area contributed by atoms with Crippen LogP contribution >= 0.6 is 0 Å². The highest BCUT2D eigenvalue weighted by molar-refractivity contribution is 5.76. The minimum atomic E-state index is -1.98. The maximum atomic E-state index is 13.2. The van der Waals surface area contributed by atoms with E-state index < -0.39 is 124 Å². The van der Waals surface area contributed by atoms with Gasteiger partial charge in [-0.1, -0.05) is 150 Å². The molecule has 0 saturated carbocycles. The molecule has 17 atom stereocenters. The van der Waals surface area contributed by atoms with Crippen LogP contribution in [0.3, 0.4) is 0 Å². The summed E-state index contributed by atoms with van der Waals surface area (Å²) >= 11 is 0. The molecule has 0 aliphatic carbocycles. The summed E-state index contributed by atoms with van der Waals surface area (Å²) in [6.45, 7) is 1.48. The third kappa shape index (κ3) is 25.5. The second-order valence-electron chi connectivity index (χ2n) is 20.0. The zero-order chi connectivity index (χ0) is 56.2. The molecule has 0 bridgehead atoms. The van der Waals surface area contributed by atoms with E-state index in [0.717, 1.165) is 116 Å². The topological polar surface area (TPSA) is 307 Å². The van der Waals surface area contributed by atoms with E-state index in [1.807, 2.05) is 6.08 Å². The van der Waals surface area contributed by atoms with Gasteiger partial charge in [-0.05, 0) is 70.6 Å². The first-order valence-corrected chi connectivity index (χ1v) is 28.3. The molecule has 3 aliphatic rings. The Morgan fingerprint density at radius 1 is 0.481 bits per heavy atom. The van der Waals surface area contributed by atoms with E-state index >= 15 is 0 Å². The van der Waals surface area contributed by atoms with Gasteiger partial charge in [-0.15, -0.1) is 0 Å². The summed E-state index contributed by atoms with van der Waals surface area (Å²) < 4.78 is 34.1. The van der Waals surface area contributed by atoms with Crippen LogP contribution in [0.15, 0.2) is 85.1 Å². The molecular formula is C58H97NO18. The molecule has 19 heteroatoms. The number of unbranched alkanes of at least 4 members (excludes halogenated alkanes) is 11. The van der Waals surface area contributed by atoms with Crippen LogP contribution in [-0.2, 0) is 33.2 Å². The van der Waals surface area contributed by atoms with Crippen LogP contribution in [0, 0.1) is 0 Å². The third-order valence-electron chi connectivity index (χ3n) is 13.7. The van der Waals surface area contributed by atoms with Crippen molar-refractivity contribution in [1.82, 2.24) is 5.32 Å². The number of carbonyl (C=O) groups excluding carboxylic acids is 1. The van der Waals surface area contributed by atoms with E-state index in [1.54, 1.807) is 6.08 Å². The van der Waals surface area contributed by atoms with Crippen LogP contribution in [0.25, 0.3) is 0 Å². The van der Waals surface area contributed by atoms with E-state index in [9.17, 15) is 61.0 Å². The summed E-state index contributed by atoms with van der Waals surface area (Å²) in [6, 6.07) is -0.983. The summed E-state index contributed by atoms with van der Waals surface area (Å²) in [6.07, 6.45) is 21.8. The molecule has 0 spiro atoms. The van der Waals surface area contributed by atoms with Gasteiger partial charge in [-0.2, -0.15) is 0 Å². The molecule has 3 rings (SSSR count). The number of allylic oxidation sites excluding steroid dienone is 13. The van der Waals surface area contributed by atoms with Crippen LogP contribution in [0.1, 0.15) is 142 Å². The van der Waals surface area contributed by atoms with Crippen LogP contribution in [-0.4, -0.2) is 193 Å². The number of hydrogen-bond donors (Lipinski definition) is 12. The molecule has 442 valence electrons. The Bertz CT molecular complexity index is 1740. The second-order valence-corrected chi connectivity index (χ2v) is 20.0.